The SMILES string of the molecule is CCC(=C/C(N)=O)/C=C/[C@](C)(O)C1(C#N)CC1. The van der Waals surface area contributed by atoms with Crippen molar-refractivity contribution < 1.29 is 9.90 Å². The normalized spacial score (nSPS) is 21.9. The molecule has 1 rings (SSSR count). The van der Waals surface area contributed by atoms with Gasteiger partial charge in [-0.2, -0.15) is 5.26 Å². The fraction of sp³-hybridized carbons (Fsp3) is 0.538. The highest BCUT2D eigenvalue weighted by atomic mass is 16.3. The summed E-state index contributed by atoms with van der Waals surface area (Å²) >= 11 is 0. The van der Waals surface area contributed by atoms with Gasteiger partial charge in [-0.15, -0.1) is 0 Å². The molecule has 1 atom stereocenters. The summed E-state index contributed by atoms with van der Waals surface area (Å²) in [7, 11) is 0. The molecule has 1 aliphatic carbocycles. The molecule has 1 aliphatic rings. The van der Waals surface area contributed by atoms with Gasteiger partial charge in [0.05, 0.1) is 17.1 Å². The highest BCUT2D eigenvalue weighted by Crippen LogP contribution is 2.54. The molecule has 0 aromatic rings. The molecule has 0 saturated heterocycles. The second-order valence-electron chi connectivity index (χ2n) is 4.65. The molecule has 0 spiro atoms. The fourth-order valence-corrected chi connectivity index (χ4v) is 1.74. The summed E-state index contributed by atoms with van der Waals surface area (Å²) in [5.74, 6) is -0.507. The molecule has 0 bridgehead atoms. The number of nitriles is 1. The Morgan fingerprint density at radius 2 is 2.24 bits per heavy atom. The molecular weight excluding hydrogens is 216 g/mol. The largest absolute Gasteiger partial charge is 0.384 e. The summed E-state index contributed by atoms with van der Waals surface area (Å²) < 4.78 is 0. The van der Waals surface area contributed by atoms with Crippen LogP contribution in [0.3, 0.4) is 0 Å². The van der Waals surface area contributed by atoms with E-state index in [0.717, 1.165) is 5.57 Å². The van der Waals surface area contributed by atoms with E-state index in [1.54, 1.807) is 19.1 Å². The number of hydrogen-bond donors (Lipinski definition) is 2. The second-order valence-corrected chi connectivity index (χ2v) is 4.65. The van der Waals surface area contributed by atoms with Crippen molar-refractivity contribution in [2.24, 2.45) is 11.1 Å². The average Bonchev–Trinajstić information content (AvgIpc) is 3.04. The zero-order valence-corrected chi connectivity index (χ0v) is 10.2. The van der Waals surface area contributed by atoms with E-state index in [-0.39, 0.29) is 0 Å². The topological polar surface area (TPSA) is 87.1 Å². The number of primary amides is 1. The van der Waals surface area contributed by atoms with Gasteiger partial charge in [0, 0.05) is 6.08 Å². The van der Waals surface area contributed by atoms with E-state index in [1.807, 2.05) is 6.92 Å². The number of nitrogens with two attached hydrogens (primary N) is 1. The minimum absolute atomic E-state index is 0.507. The Labute approximate surface area is 101 Å². The predicted molar refractivity (Wildman–Crippen MR) is 64.6 cm³/mol. The van der Waals surface area contributed by atoms with Gasteiger partial charge in [-0.05, 0) is 31.8 Å². The van der Waals surface area contributed by atoms with E-state index in [4.69, 9.17) is 11.0 Å². The highest BCUT2D eigenvalue weighted by molar-refractivity contribution is 5.87. The van der Waals surface area contributed by atoms with E-state index >= 15 is 0 Å². The maximum atomic E-state index is 10.8. The maximum Gasteiger partial charge on any atom is 0.241 e. The molecule has 0 aromatic carbocycles. The third-order valence-corrected chi connectivity index (χ3v) is 3.29. The molecular formula is C13H18N2O2. The van der Waals surface area contributed by atoms with Crippen molar-refractivity contribution >= 4 is 5.91 Å². The fourth-order valence-electron chi connectivity index (χ4n) is 1.74. The molecule has 4 heteroatoms. The molecule has 0 aromatic heterocycles. The first-order chi connectivity index (χ1) is 7.87. The predicted octanol–water partition coefficient (Wildman–Crippen LogP) is 1.42. The molecule has 17 heavy (non-hydrogen) atoms. The van der Waals surface area contributed by atoms with Gasteiger partial charge >= 0.3 is 0 Å². The van der Waals surface area contributed by atoms with Crippen LogP contribution in [-0.4, -0.2) is 16.6 Å². The summed E-state index contributed by atoms with van der Waals surface area (Å²) in [5, 5.41) is 19.3. The summed E-state index contributed by atoms with van der Waals surface area (Å²) in [6.07, 6.45) is 6.65. The molecule has 3 N–H and O–H groups in total. The van der Waals surface area contributed by atoms with Crippen LogP contribution < -0.4 is 5.73 Å². The zero-order chi connectivity index (χ0) is 13.1. The summed E-state index contributed by atoms with van der Waals surface area (Å²) in [6.45, 7) is 3.52. The highest BCUT2D eigenvalue weighted by Gasteiger charge is 2.55. The lowest BCUT2D eigenvalue weighted by Crippen LogP contribution is -2.32. The Morgan fingerprint density at radius 1 is 1.65 bits per heavy atom. The summed E-state index contributed by atoms with van der Waals surface area (Å²) in [6, 6.07) is 2.16. The number of hydrogen-bond acceptors (Lipinski definition) is 3. The number of carbonyl (C=O) groups excluding carboxylic acids is 1. The van der Waals surface area contributed by atoms with Gasteiger partial charge in [-0.3, -0.25) is 4.79 Å². The van der Waals surface area contributed by atoms with Crippen LogP contribution in [0.25, 0.3) is 0 Å². The van der Waals surface area contributed by atoms with Crippen LogP contribution in [0.2, 0.25) is 0 Å². The first-order valence-electron chi connectivity index (χ1n) is 5.70. The van der Waals surface area contributed by atoms with E-state index in [2.05, 4.69) is 6.07 Å². The average molecular weight is 234 g/mol. The van der Waals surface area contributed by atoms with Crippen molar-refractivity contribution in [3.63, 3.8) is 0 Å². The van der Waals surface area contributed by atoms with Crippen LogP contribution in [0, 0.1) is 16.7 Å². The van der Waals surface area contributed by atoms with Crippen molar-refractivity contribution in [3.8, 4) is 6.07 Å². The van der Waals surface area contributed by atoms with Gasteiger partial charge < -0.3 is 10.8 Å². The Morgan fingerprint density at radius 3 is 2.59 bits per heavy atom. The molecule has 1 saturated carbocycles. The Bertz CT molecular complexity index is 410. The van der Waals surface area contributed by atoms with E-state index in [0.29, 0.717) is 19.3 Å². The lowest BCUT2D eigenvalue weighted by Gasteiger charge is -2.24. The molecule has 1 amide bonds. The number of rotatable bonds is 5. The number of allylic oxidation sites excluding steroid dienone is 2. The van der Waals surface area contributed by atoms with Gasteiger partial charge in [0.15, 0.2) is 0 Å². The molecule has 92 valence electrons. The molecule has 0 aliphatic heterocycles. The van der Waals surface area contributed by atoms with Gasteiger partial charge in [0.1, 0.15) is 0 Å². The van der Waals surface area contributed by atoms with Crippen molar-refractivity contribution in [3.05, 3.63) is 23.8 Å². The lowest BCUT2D eigenvalue weighted by atomic mass is 9.86. The lowest BCUT2D eigenvalue weighted by molar-refractivity contribution is -0.113. The quantitative estimate of drug-likeness (QED) is 0.557. The Hall–Kier alpha value is -1.60. The molecule has 0 radical (unpaired) electrons. The Balaban J connectivity index is 2.83. The molecule has 4 nitrogen and oxygen atoms in total. The van der Waals surface area contributed by atoms with Crippen molar-refractivity contribution in [2.75, 3.05) is 0 Å². The van der Waals surface area contributed by atoms with Gasteiger partial charge in [0.2, 0.25) is 5.91 Å². The van der Waals surface area contributed by atoms with Crippen LogP contribution >= 0.6 is 0 Å². The minimum atomic E-state index is -1.16. The minimum Gasteiger partial charge on any atom is -0.384 e. The van der Waals surface area contributed by atoms with Crippen molar-refractivity contribution in [2.45, 2.75) is 38.7 Å². The molecule has 1 fully saturated rings. The molecule has 0 unspecified atom stereocenters. The van der Waals surface area contributed by atoms with Gasteiger partial charge in [-0.25, -0.2) is 0 Å². The van der Waals surface area contributed by atoms with Gasteiger partial charge in [-0.1, -0.05) is 19.1 Å². The summed E-state index contributed by atoms with van der Waals surface area (Å²) in [5.41, 5.74) is 3.99. The maximum absolute atomic E-state index is 10.8. The number of nitrogens with zero attached hydrogens (tertiary/aromatic N) is 1. The van der Waals surface area contributed by atoms with E-state index in [1.165, 1.54) is 6.08 Å². The second kappa shape index (κ2) is 4.72. The summed E-state index contributed by atoms with van der Waals surface area (Å²) in [4.78, 5) is 10.8. The van der Waals surface area contributed by atoms with Crippen molar-refractivity contribution in [1.29, 1.82) is 5.26 Å². The molecule has 0 heterocycles. The smallest absolute Gasteiger partial charge is 0.241 e. The van der Waals surface area contributed by atoms with E-state index in [9.17, 15) is 9.90 Å². The Kier molecular flexibility index (Phi) is 3.74. The zero-order valence-electron chi connectivity index (χ0n) is 10.2. The monoisotopic (exact) mass is 234 g/mol. The first-order valence-corrected chi connectivity index (χ1v) is 5.70. The van der Waals surface area contributed by atoms with Crippen LogP contribution in [0.15, 0.2) is 23.8 Å². The van der Waals surface area contributed by atoms with Crippen molar-refractivity contribution in [1.82, 2.24) is 0 Å². The first kappa shape index (κ1) is 13.5. The number of aliphatic hydroxyl groups is 1. The third kappa shape index (κ3) is 2.95. The van der Waals surface area contributed by atoms with Crippen LogP contribution in [0.1, 0.15) is 33.1 Å². The van der Waals surface area contributed by atoms with Crippen LogP contribution in [0.5, 0.6) is 0 Å². The van der Waals surface area contributed by atoms with Crippen LogP contribution in [-0.2, 0) is 4.79 Å². The standard InChI is InChI=1S/C13H18N2O2/c1-3-10(8-11(15)16)4-5-12(2,17)13(9-14)6-7-13/h4-5,8,17H,3,6-7H2,1-2H3,(H2,15,16)/b5-4+,10-8-/t12-/m0/s1. The number of carbonyl (C=O) groups is 1. The van der Waals surface area contributed by atoms with Gasteiger partial charge in [0.25, 0.3) is 0 Å². The van der Waals surface area contributed by atoms with E-state index < -0.39 is 16.9 Å². The number of amides is 1. The van der Waals surface area contributed by atoms with Crippen LogP contribution in [0.4, 0.5) is 0 Å². The third-order valence-electron chi connectivity index (χ3n) is 3.29.